The average Bonchev–Trinajstić information content (AvgIpc) is 2.83. The van der Waals surface area contributed by atoms with Gasteiger partial charge in [-0.3, -0.25) is 9.69 Å². The number of likely N-dealkylation sites (tertiary alicyclic amines) is 1. The first-order valence-electron chi connectivity index (χ1n) is 10.7. The largest absolute Gasteiger partial charge is 0.467 e. The van der Waals surface area contributed by atoms with Crippen molar-refractivity contribution in [2.75, 3.05) is 27.2 Å². The Kier molecular flexibility index (Phi) is 7.86. The Hall–Kier alpha value is -3.10. The number of methoxy groups -OCH3 is 1. The van der Waals surface area contributed by atoms with E-state index in [4.69, 9.17) is 4.74 Å². The van der Waals surface area contributed by atoms with Crippen molar-refractivity contribution in [2.24, 2.45) is 0 Å². The van der Waals surface area contributed by atoms with Crippen LogP contribution in [-0.4, -0.2) is 61.0 Å². The molecule has 31 heavy (non-hydrogen) atoms. The Labute approximate surface area is 185 Å². The van der Waals surface area contributed by atoms with E-state index >= 15 is 0 Å². The minimum Gasteiger partial charge on any atom is -0.467 e. The lowest BCUT2D eigenvalue weighted by Crippen LogP contribution is -2.55. The standard InChI is InChI=1S/C26H30N2O3/c1-20(22-14-8-5-9-15-22)25(29)28-18-16-23(19-24(28)26(30)31-3)27(2)17-10-13-21-11-6-4-7-12-21/h4-9,11-12,14-15,20,23-24H,16-19H2,1-3H3/t20?,23-,24+/m1/s1. The van der Waals surface area contributed by atoms with Gasteiger partial charge >= 0.3 is 5.97 Å². The van der Waals surface area contributed by atoms with Gasteiger partial charge in [-0.15, -0.1) is 0 Å². The molecule has 1 fully saturated rings. The van der Waals surface area contributed by atoms with Gasteiger partial charge in [0.2, 0.25) is 5.91 Å². The van der Waals surface area contributed by atoms with Crippen molar-refractivity contribution in [1.82, 2.24) is 9.80 Å². The minimum atomic E-state index is -0.577. The molecule has 0 aliphatic carbocycles. The van der Waals surface area contributed by atoms with Gasteiger partial charge in [-0.1, -0.05) is 60.4 Å². The summed E-state index contributed by atoms with van der Waals surface area (Å²) in [7, 11) is 3.40. The molecule has 3 atom stereocenters. The predicted octanol–water partition coefficient (Wildman–Crippen LogP) is 3.31. The molecule has 0 radical (unpaired) electrons. The van der Waals surface area contributed by atoms with Crippen LogP contribution in [0.4, 0.5) is 0 Å². The molecule has 5 nitrogen and oxygen atoms in total. The molecule has 0 aromatic heterocycles. The van der Waals surface area contributed by atoms with Crippen LogP contribution in [-0.2, 0) is 14.3 Å². The number of piperidine rings is 1. The summed E-state index contributed by atoms with van der Waals surface area (Å²) in [5, 5.41) is 0. The highest BCUT2D eigenvalue weighted by molar-refractivity contribution is 5.88. The summed E-state index contributed by atoms with van der Waals surface area (Å²) in [4.78, 5) is 29.6. The highest BCUT2D eigenvalue weighted by atomic mass is 16.5. The van der Waals surface area contributed by atoms with Crippen molar-refractivity contribution in [3.63, 3.8) is 0 Å². The third-order valence-electron chi connectivity index (χ3n) is 5.96. The zero-order chi connectivity index (χ0) is 22.2. The molecule has 1 amide bonds. The van der Waals surface area contributed by atoms with E-state index in [0.29, 0.717) is 19.5 Å². The maximum Gasteiger partial charge on any atom is 0.328 e. The Morgan fingerprint density at radius 2 is 1.77 bits per heavy atom. The lowest BCUT2D eigenvalue weighted by molar-refractivity contribution is -0.156. The summed E-state index contributed by atoms with van der Waals surface area (Å²) in [6.07, 6.45) is 1.34. The Bertz CT molecular complexity index is 933. The van der Waals surface area contributed by atoms with Crippen molar-refractivity contribution in [3.8, 4) is 11.8 Å². The van der Waals surface area contributed by atoms with E-state index in [0.717, 1.165) is 17.5 Å². The van der Waals surface area contributed by atoms with Crippen LogP contribution in [0.15, 0.2) is 60.7 Å². The highest BCUT2D eigenvalue weighted by Gasteiger charge is 2.39. The Morgan fingerprint density at radius 3 is 2.42 bits per heavy atom. The molecular weight excluding hydrogens is 388 g/mol. The first-order chi connectivity index (χ1) is 15.0. The van der Waals surface area contributed by atoms with Gasteiger partial charge in [0, 0.05) is 18.2 Å². The van der Waals surface area contributed by atoms with Crippen LogP contribution < -0.4 is 0 Å². The number of esters is 1. The smallest absolute Gasteiger partial charge is 0.328 e. The predicted molar refractivity (Wildman–Crippen MR) is 121 cm³/mol. The van der Waals surface area contributed by atoms with Gasteiger partial charge in [0.05, 0.1) is 19.6 Å². The molecule has 1 saturated heterocycles. The van der Waals surface area contributed by atoms with Crippen LogP contribution >= 0.6 is 0 Å². The normalized spacial score (nSPS) is 19.3. The molecule has 1 unspecified atom stereocenters. The molecule has 0 spiro atoms. The Morgan fingerprint density at radius 1 is 1.13 bits per heavy atom. The third kappa shape index (κ3) is 5.74. The van der Waals surface area contributed by atoms with E-state index in [-0.39, 0.29) is 23.8 Å². The zero-order valence-electron chi connectivity index (χ0n) is 18.5. The lowest BCUT2D eigenvalue weighted by Gasteiger charge is -2.41. The molecule has 2 aromatic carbocycles. The van der Waals surface area contributed by atoms with Crippen LogP contribution in [0.25, 0.3) is 0 Å². The summed E-state index contributed by atoms with van der Waals surface area (Å²) in [5.41, 5.74) is 1.94. The van der Waals surface area contributed by atoms with Crippen LogP contribution in [0, 0.1) is 11.8 Å². The number of ether oxygens (including phenoxy) is 1. The SMILES string of the molecule is COC(=O)[C@@H]1C[C@H](N(C)CC#Cc2ccccc2)CCN1C(=O)C(C)c1ccccc1. The van der Waals surface area contributed by atoms with Gasteiger partial charge in [-0.25, -0.2) is 4.79 Å². The van der Waals surface area contributed by atoms with E-state index in [9.17, 15) is 9.59 Å². The maximum absolute atomic E-state index is 13.2. The third-order valence-corrected chi connectivity index (χ3v) is 5.96. The number of benzene rings is 2. The number of rotatable bonds is 5. The first kappa shape index (κ1) is 22.6. The molecule has 3 rings (SSSR count). The fourth-order valence-electron chi connectivity index (χ4n) is 4.02. The molecule has 0 bridgehead atoms. The summed E-state index contributed by atoms with van der Waals surface area (Å²) < 4.78 is 5.04. The summed E-state index contributed by atoms with van der Waals surface area (Å²) in [6, 6.07) is 19.1. The van der Waals surface area contributed by atoms with Crippen molar-refractivity contribution < 1.29 is 14.3 Å². The van der Waals surface area contributed by atoms with Gasteiger partial charge in [0.25, 0.3) is 0 Å². The number of carbonyl (C=O) groups excluding carboxylic acids is 2. The number of nitrogens with zero attached hydrogens (tertiary/aromatic N) is 2. The lowest BCUT2D eigenvalue weighted by atomic mass is 9.92. The summed E-state index contributed by atoms with van der Waals surface area (Å²) in [6.45, 7) is 3.02. The quantitative estimate of drug-likeness (QED) is 0.552. The van der Waals surface area contributed by atoms with Crippen LogP contribution in [0.3, 0.4) is 0 Å². The van der Waals surface area contributed by atoms with E-state index in [1.165, 1.54) is 7.11 Å². The van der Waals surface area contributed by atoms with Crippen molar-refractivity contribution in [2.45, 2.75) is 37.8 Å². The second-order valence-corrected chi connectivity index (χ2v) is 7.96. The van der Waals surface area contributed by atoms with E-state index in [1.807, 2.05) is 74.6 Å². The second-order valence-electron chi connectivity index (χ2n) is 7.96. The van der Waals surface area contributed by atoms with Gasteiger partial charge < -0.3 is 9.64 Å². The van der Waals surface area contributed by atoms with E-state index in [2.05, 4.69) is 16.7 Å². The molecular formula is C26H30N2O3. The van der Waals surface area contributed by atoms with Crippen LogP contribution in [0.2, 0.25) is 0 Å². The van der Waals surface area contributed by atoms with Crippen LogP contribution in [0.1, 0.15) is 36.8 Å². The average molecular weight is 419 g/mol. The van der Waals surface area contributed by atoms with Crippen LogP contribution in [0.5, 0.6) is 0 Å². The van der Waals surface area contributed by atoms with Crippen molar-refractivity contribution in [1.29, 1.82) is 0 Å². The number of carbonyl (C=O) groups is 2. The minimum absolute atomic E-state index is 0.0356. The van der Waals surface area contributed by atoms with Gasteiger partial charge in [-0.05, 0) is 44.5 Å². The summed E-state index contributed by atoms with van der Waals surface area (Å²) >= 11 is 0. The van der Waals surface area contributed by atoms with Crippen molar-refractivity contribution >= 4 is 11.9 Å². The molecule has 162 valence electrons. The Balaban J connectivity index is 1.67. The molecule has 5 heteroatoms. The van der Waals surface area contributed by atoms with Gasteiger partial charge in [0.15, 0.2) is 0 Å². The molecule has 1 aliphatic rings. The number of hydrogen-bond donors (Lipinski definition) is 0. The first-order valence-corrected chi connectivity index (χ1v) is 10.7. The second kappa shape index (κ2) is 10.8. The van der Waals surface area contributed by atoms with Crippen molar-refractivity contribution in [3.05, 3.63) is 71.8 Å². The maximum atomic E-state index is 13.2. The monoisotopic (exact) mass is 418 g/mol. The molecule has 2 aromatic rings. The topological polar surface area (TPSA) is 49.9 Å². The molecule has 1 aliphatic heterocycles. The number of amides is 1. The summed E-state index contributed by atoms with van der Waals surface area (Å²) in [5.74, 6) is 5.68. The van der Waals surface area contributed by atoms with Gasteiger partial charge in [0.1, 0.15) is 6.04 Å². The van der Waals surface area contributed by atoms with Gasteiger partial charge in [-0.2, -0.15) is 0 Å². The highest BCUT2D eigenvalue weighted by Crippen LogP contribution is 2.27. The molecule has 0 N–H and O–H groups in total. The molecule has 0 saturated carbocycles. The van der Waals surface area contributed by atoms with E-state index < -0.39 is 6.04 Å². The molecule has 1 heterocycles. The fourth-order valence-corrected chi connectivity index (χ4v) is 4.02. The van der Waals surface area contributed by atoms with E-state index in [1.54, 1.807) is 4.90 Å². The number of hydrogen-bond acceptors (Lipinski definition) is 4. The fraction of sp³-hybridized carbons (Fsp3) is 0.385. The zero-order valence-corrected chi connectivity index (χ0v) is 18.5.